The molecule has 122 valence electrons. The second-order valence-corrected chi connectivity index (χ2v) is 4.76. The highest BCUT2D eigenvalue weighted by atomic mass is 16.5. The van der Waals surface area contributed by atoms with Gasteiger partial charge in [-0.3, -0.25) is 9.59 Å². The van der Waals surface area contributed by atoms with Crippen molar-refractivity contribution in [3.05, 3.63) is 59.6 Å². The van der Waals surface area contributed by atoms with Crippen LogP contribution >= 0.6 is 0 Å². The second kappa shape index (κ2) is 8.19. The van der Waals surface area contributed by atoms with Gasteiger partial charge < -0.3 is 20.2 Å². The predicted octanol–water partition coefficient (Wildman–Crippen LogP) is 1.37. The van der Waals surface area contributed by atoms with Gasteiger partial charge in [-0.15, -0.1) is 0 Å². The molecular weight excluding hydrogens is 310 g/mol. The lowest BCUT2D eigenvalue weighted by atomic mass is 10.1. The Morgan fingerprint density at radius 2 is 2.04 bits per heavy atom. The summed E-state index contributed by atoms with van der Waals surface area (Å²) in [5.41, 5.74) is 5.60. The average molecular weight is 325 g/mol. The number of ether oxygens (including phenoxy) is 1. The van der Waals surface area contributed by atoms with Crippen molar-refractivity contribution in [2.24, 2.45) is 5.73 Å². The summed E-state index contributed by atoms with van der Waals surface area (Å²) in [5.74, 6) is -0.00903. The van der Waals surface area contributed by atoms with E-state index < -0.39 is 11.8 Å². The molecule has 1 aromatic heterocycles. The van der Waals surface area contributed by atoms with E-state index in [-0.39, 0.29) is 18.7 Å². The first-order valence-corrected chi connectivity index (χ1v) is 7.02. The number of primary amides is 1. The lowest BCUT2D eigenvalue weighted by Gasteiger charge is -2.04. The third-order valence-corrected chi connectivity index (χ3v) is 2.94. The number of nitrogens with one attached hydrogen (secondary N) is 1. The van der Waals surface area contributed by atoms with E-state index in [1.165, 1.54) is 12.3 Å². The summed E-state index contributed by atoms with van der Waals surface area (Å²) in [4.78, 5) is 22.6. The monoisotopic (exact) mass is 325 g/mol. The first-order valence-electron chi connectivity index (χ1n) is 7.02. The standard InChI is InChI=1S/C17H15N3O4/c18-9-13(17(22)20-10-15-2-1-7-23-15)8-12-3-5-14(6-4-12)24-11-16(19)21/h1-8H,10-11H2,(H2,19,21)(H,20,22)/b13-8-. The van der Waals surface area contributed by atoms with Crippen molar-refractivity contribution in [3.8, 4) is 11.8 Å². The molecule has 0 unspecified atom stereocenters. The van der Waals surface area contributed by atoms with Gasteiger partial charge in [0.05, 0.1) is 12.8 Å². The Kier molecular flexibility index (Phi) is 5.75. The summed E-state index contributed by atoms with van der Waals surface area (Å²) in [5, 5.41) is 11.7. The van der Waals surface area contributed by atoms with Crippen molar-refractivity contribution in [1.82, 2.24) is 5.32 Å². The summed E-state index contributed by atoms with van der Waals surface area (Å²) in [7, 11) is 0. The molecular formula is C17H15N3O4. The maximum absolute atomic E-state index is 12.0. The van der Waals surface area contributed by atoms with E-state index in [9.17, 15) is 9.59 Å². The predicted molar refractivity (Wildman–Crippen MR) is 85.3 cm³/mol. The summed E-state index contributed by atoms with van der Waals surface area (Å²) < 4.78 is 10.2. The van der Waals surface area contributed by atoms with Gasteiger partial charge in [0.2, 0.25) is 0 Å². The average Bonchev–Trinajstić information content (AvgIpc) is 3.10. The Morgan fingerprint density at radius 3 is 2.62 bits per heavy atom. The van der Waals surface area contributed by atoms with Crippen LogP contribution in [0.5, 0.6) is 5.75 Å². The van der Waals surface area contributed by atoms with Crippen molar-refractivity contribution in [1.29, 1.82) is 5.26 Å². The largest absolute Gasteiger partial charge is 0.484 e. The van der Waals surface area contributed by atoms with E-state index in [4.69, 9.17) is 20.1 Å². The van der Waals surface area contributed by atoms with E-state index >= 15 is 0 Å². The van der Waals surface area contributed by atoms with Gasteiger partial charge >= 0.3 is 0 Å². The molecule has 2 rings (SSSR count). The lowest BCUT2D eigenvalue weighted by molar-refractivity contribution is -0.120. The number of rotatable bonds is 7. The van der Waals surface area contributed by atoms with Crippen LogP contribution in [0.3, 0.4) is 0 Å². The van der Waals surface area contributed by atoms with Crippen LogP contribution in [0.4, 0.5) is 0 Å². The number of hydrogen-bond donors (Lipinski definition) is 2. The van der Waals surface area contributed by atoms with Crippen molar-refractivity contribution >= 4 is 17.9 Å². The molecule has 0 fully saturated rings. The normalized spacial score (nSPS) is 10.7. The summed E-state index contributed by atoms with van der Waals surface area (Å²) >= 11 is 0. The Balaban J connectivity index is 1.99. The van der Waals surface area contributed by atoms with Gasteiger partial charge in [0.1, 0.15) is 23.2 Å². The van der Waals surface area contributed by atoms with Crippen LogP contribution < -0.4 is 15.8 Å². The molecule has 0 saturated heterocycles. The van der Waals surface area contributed by atoms with E-state index in [2.05, 4.69) is 5.32 Å². The van der Waals surface area contributed by atoms with Gasteiger partial charge in [0.25, 0.3) is 11.8 Å². The molecule has 0 aliphatic rings. The number of furan rings is 1. The minimum absolute atomic E-state index is 0.0349. The maximum Gasteiger partial charge on any atom is 0.262 e. The molecule has 3 N–H and O–H groups in total. The minimum atomic E-state index is -0.570. The molecule has 0 aliphatic carbocycles. The summed E-state index contributed by atoms with van der Waals surface area (Å²) in [6.07, 6.45) is 2.96. The fraction of sp³-hybridized carbons (Fsp3) is 0.118. The highest BCUT2D eigenvalue weighted by molar-refractivity contribution is 6.01. The molecule has 0 atom stereocenters. The molecule has 7 heteroatoms. The summed E-state index contributed by atoms with van der Waals surface area (Å²) in [6.45, 7) is -0.0153. The van der Waals surface area contributed by atoms with Crippen LogP contribution in [0.25, 0.3) is 6.08 Å². The fourth-order valence-corrected chi connectivity index (χ4v) is 1.81. The smallest absolute Gasteiger partial charge is 0.262 e. The van der Waals surface area contributed by atoms with E-state index in [1.807, 2.05) is 6.07 Å². The van der Waals surface area contributed by atoms with Gasteiger partial charge in [-0.05, 0) is 35.9 Å². The quantitative estimate of drug-likeness (QED) is 0.588. The lowest BCUT2D eigenvalue weighted by Crippen LogP contribution is -2.23. The van der Waals surface area contributed by atoms with E-state index in [0.29, 0.717) is 17.1 Å². The van der Waals surface area contributed by atoms with Crippen LogP contribution in [0, 0.1) is 11.3 Å². The number of nitrogens with two attached hydrogens (primary N) is 1. The molecule has 0 spiro atoms. The zero-order valence-electron chi connectivity index (χ0n) is 12.7. The maximum atomic E-state index is 12.0. The number of nitriles is 1. The number of amides is 2. The van der Waals surface area contributed by atoms with Crippen LogP contribution in [-0.4, -0.2) is 18.4 Å². The molecule has 0 bridgehead atoms. The Labute approximate surface area is 138 Å². The molecule has 0 radical (unpaired) electrons. The number of carbonyl (C=O) groups excluding carboxylic acids is 2. The van der Waals surface area contributed by atoms with Crippen LogP contribution in [-0.2, 0) is 16.1 Å². The van der Waals surface area contributed by atoms with Gasteiger partial charge in [-0.25, -0.2) is 0 Å². The second-order valence-electron chi connectivity index (χ2n) is 4.76. The van der Waals surface area contributed by atoms with Crippen LogP contribution in [0.2, 0.25) is 0 Å². The Bertz CT molecular complexity index is 771. The number of nitrogens with zero attached hydrogens (tertiary/aromatic N) is 1. The summed E-state index contributed by atoms with van der Waals surface area (Å²) in [6, 6.07) is 11.8. The zero-order valence-corrected chi connectivity index (χ0v) is 12.7. The molecule has 7 nitrogen and oxygen atoms in total. The van der Waals surface area contributed by atoms with Crippen molar-refractivity contribution in [3.63, 3.8) is 0 Å². The first kappa shape index (κ1) is 16.8. The number of benzene rings is 1. The topological polar surface area (TPSA) is 118 Å². The molecule has 1 aromatic carbocycles. The highest BCUT2D eigenvalue weighted by Crippen LogP contribution is 2.14. The van der Waals surface area contributed by atoms with Crippen LogP contribution in [0.15, 0.2) is 52.7 Å². The van der Waals surface area contributed by atoms with Crippen molar-refractivity contribution in [2.45, 2.75) is 6.54 Å². The van der Waals surface area contributed by atoms with Gasteiger partial charge in [0, 0.05) is 0 Å². The fourth-order valence-electron chi connectivity index (χ4n) is 1.81. The molecule has 0 aliphatic heterocycles. The molecule has 24 heavy (non-hydrogen) atoms. The number of carbonyl (C=O) groups is 2. The molecule has 1 heterocycles. The third-order valence-electron chi connectivity index (χ3n) is 2.94. The highest BCUT2D eigenvalue weighted by Gasteiger charge is 2.09. The van der Waals surface area contributed by atoms with Gasteiger partial charge in [0.15, 0.2) is 6.61 Å². The van der Waals surface area contributed by atoms with Crippen molar-refractivity contribution in [2.75, 3.05) is 6.61 Å². The van der Waals surface area contributed by atoms with Crippen molar-refractivity contribution < 1.29 is 18.7 Å². The minimum Gasteiger partial charge on any atom is -0.484 e. The first-order chi connectivity index (χ1) is 11.6. The molecule has 0 saturated carbocycles. The third kappa shape index (κ3) is 5.03. The van der Waals surface area contributed by atoms with Crippen LogP contribution in [0.1, 0.15) is 11.3 Å². The van der Waals surface area contributed by atoms with E-state index in [0.717, 1.165) is 0 Å². The molecule has 2 amide bonds. The zero-order chi connectivity index (χ0) is 17.4. The van der Waals surface area contributed by atoms with Gasteiger partial charge in [-0.2, -0.15) is 5.26 Å². The van der Waals surface area contributed by atoms with Gasteiger partial charge in [-0.1, -0.05) is 12.1 Å². The number of hydrogen-bond acceptors (Lipinski definition) is 5. The Morgan fingerprint density at radius 1 is 1.29 bits per heavy atom. The Hall–Kier alpha value is -3.53. The molecule has 2 aromatic rings. The van der Waals surface area contributed by atoms with E-state index in [1.54, 1.807) is 36.4 Å². The SMILES string of the molecule is N#C/C(=C/c1ccc(OCC(N)=O)cc1)C(=O)NCc1ccco1.